The quantitative estimate of drug-likeness (QED) is 0.709. The second-order valence-corrected chi connectivity index (χ2v) is 3.70. The van der Waals surface area contributed by atoms with Crippen LogP contribution >= 0.6 is 0 Å². The second-order valence-electron chi connectivity index (χ2n) is 3.70. The SMILES string of the molecule is NC(=O)N1CCNC(c2ccccc2)C1. The van der Waals surface area contributed by atoms with Crippen LogP contribution in [-0.4, -0.2) is 30.6 Å². The predicted molar refractivity (Wildman–Crippen MR) is 58.3 cm³/mol. The zero-order valence-corrected chi connectivity index (χ0v) is 8.52. The molecule has 2 amide bonds. The molecule has 0 aromatic heterocycles. The minimum atomic E-state index is -0.336. The first kappa shape index (κ1) is 9.98. The summed E-state index contributed by atoms with van der Waals surface area (Å²) in [5.41, 5.74) is 6.46. The topological polar surface area (TPSA) is 58.4 Å². The summed E-state index contributed by atoms with van der Waals surface area (Å²) in [6.07, 6.45) is 0. The van der Waals surface area contributed by atoms with Crippen molar-refractivity contribution in [2.45, 2.75) is 6.04 Å². The molecule has 0 bridgehead atoms. The van der Waals surface area contributed by atoms with Crippen molar-refractivity contribution in [3.63, 3.8) is 0 Å². The first-order chi connectivity index (χ1) is 7.27. The summed E-state index contributed by atoms with van der Waals surface area (Å²) >= 11 is 0. The summed E-state index contributed by atoms with van der Waals surface area (Å²) in [6.45, 7) is 2.14. The highest BCUT2D eigenvalue weighted by atomic mass is 16.2. The van der Waals surface area contributed by atoms with E-state index in [9.17, 15) is 4.79 Å². The number of piperazine rings is 1. The minimum absolute atomic E-state index is 0.201. The average Bonchev–Trinajstić information content (AvgIpc) is 2.30. The predicted octanol–water partition coefficient (Wildman–Crippen LogP) is 0.712. The van der Waals surface area contributed by atoms with Crippen molar-refractivity contribution in [3.05, 3.63) is 35.9 Å². The number of nitrogens with zero attached hydrogens (tertiary/aromatic N) is 1. The largest absolute Gasteiger partial charge is 0.351 e. The third-order valence-corrected chi connectivity index (χ3v) is 2.69. The van der Waals surface area contributed by atoms with Crippen molar-refractivity contribution in [3.8, 4) is 0 Å². The van der Waals surface area contributed by atoms with E-state index in [1.807, 2.05) is 18.2 Å². The second kappa shape index (κ2) is 4.31. The molecule has 0 saturated carbocycles. The first-order valence-electron chi connectivity index (χ1n) is 5.10. The summed E-state index contributed by atoms with van der Waals surface area (Å²) in [7, 11) is 0. The van der Waals surface area contributed by atoms with Crippen LogP contribution in [0, 0.1) is 0 Å². The van der Waals surface area contributed by atoms with Crippen LogP contribution in [0.4, 0.5) is 4.79 Å². The molecule has 2 rings (SSSR count). The van der Waals surface area contributed by atoms with Gasteiger partial charge in [-0.05, 0) is 5.56 Å². The normalized spacial score (nSPS) is 21.3. The number of nitrogens with one attached hydrogen (secondary N) is 1. The van der Waals surface area contributed by atoms with Crippen molar-refractivity contribution in [1.29, 1.82) is 0 Å². The number of amides is 2. The van der Waals surface area contributed by atoms with Gasteiger partial charge in [-0.1, -0.05) is 30.3 Å². The molecule has 1 saturated heterocycles. The number of rotatable bonds is 1. The van der Waals surface area contributed by atoms with Crippen LogP contribution in [0.5, 0.6) is 0 Å². The molecule has 3 N–H and O–H groups in total. The van der Waals surface area contributed by atoms with E-state index in [0.29, 0.717) is 13.1 Å². The van der Waals surface area contributed by atoms with Crippen LogP contribution in [0.25, 0.3) is 0 Å². The summed E-state index contributed by atoms with van der Waals surface area (Å²) in [5.74, 6) is 0. The van der Waals surface area contributed by atoms with E-state index in [4.69, 9.17) is 5.73 Å². The van der Waals surface area contributed by atoms with Gasteiger partial charge in [-0.15, -0.1) is 0 Å². The smallest absolute Gasteiger partial charge is 0.314 e. The standard InChI is InChI=1S/C11H15N3O/c12-11(15)14-7-6-13-10(8-14)9-4-2-1-3-5-9/h1-5,10,13H,6-8H2,(H2,12,15). The third-order valence-electron chi connectivity index (χ3n) is 2.69. The van der Waals surface area contributed by atoms with Gasteiger partial charge in [0.1, 0.15) is 0 Å². The molecular weight excluding hydrogens is 190 g/mol. The van der Waals surface area contributed by atoms with Gasteiger partial charge in [-0.3, -0.25) is 0 Å². The Balaban J connectivity index is 2.08. The molecule has 1 atom stereocenters. The summed E-state index contributed by atoms with van der Waals surface area (Å²) in [6, 6.07) is 9.97. The van der Waals surface area contributed by atoms with E-state index in [-0.39, 0.29) is 12.1 Å². The number of carbonyl (C=O) groups is 1. The molecule has 4 nitrogen and oxygen atoms in total. The number of hydrogen-bond acceptors (Lipinski definition) is 2. The Morgan fingerprint density at radius 2 is 2.13 bits per heavy atom. The van der Waals surface area contributed by atoms with E-state index in [1.165, 1.54) is 5.56 Å². The molecule has 1 unspecified atom stereocenters. The zero-order valence-electron chi connectivity index (χ0n) is 8.52. The maximum Gasteiger partial charge on any atom is 0.314 e. The lowest BCUT2D eigenvalue weighted by Crippen LogP contribution is -2.50. The maximum absolute atomic E-state index is 11.1. The monoisotopic (exact) mass is 205 g/mol. The van der Waals surface area contributed by atoms with Gasteiger partial charge in [0, 0.05) is 19.6 Å². The Labute approximate surface area is 89.1 Å². The molecule has 1 aromatic carbocycles. The lowest BCUT2D eigenvalue weighted by Gasteiger charge is -2.32. The van der Waals surface area contributed by atoms with Crippen molar-refractivity contribution in [2.75, 3.05) is 19.6 Å². The highest BCUT2D eigenvalue weighted by molar-refractivity contribution is 5.72. The van der Waals surface area contributed by atoms with Gasteiger partial charge in [0.05, 0.1) is 6.04 Å². The number of carbonyl (C=O) groups excluding carboxylic acids is 1. The highest BCUT2D eigenvalue weighted by Gasteiger charge is 2.22. The van der Waals surface area contributed by atoms with Crippen molar-refractivity contribution < 1.29 is 4.79 Å². The number of primary amides is 1. The van der Waals surface area contributed by atoms with E-state index in [0.717, 1.165) is 6.54 Å². The van der Waals surface area contributed by atoms with E-state index >= 15 is 0 Å². The van der Waals surface area contributed by atoms with Crippen LogP contribution in [0.3, 0.4) is 0 Å². The van der Waals surface area contributed by atoms with Crippen LogP contribution in [0.15, 0.2) is 30.3 Å². The van der Waals surface area contributed by atoms with Gasteiger partial charge in [-0.25, -0.2) is 4.79 Å². The average molecular weight is 205 g/mol. The number of urea groups is 1. The number of benzene rings is 1. The first-order valence-corrected chi connectivity index (χ1v) is 5.10. The van der Waals surface area contributed by atoms with Crippen LogP contribution in [-0.2, 0) is 0 Å². The number of nitrogens with two attached hydrogens (primary N) is 1. The van der Waals surface area contributed by atoms with E-state index < -0.39 is 0 Å². The Kier molecular flexibility index (Phi) is 2.87. The number of hydrogen-bond donors (Lipinski definition) is 2. The van der Waals surface area contributed by atoms with Crippen molar-refractivity contribution >= 4 is 6.03 Å². The molecule has 1 aliphatic heterocycles. The van der Waals surface area contributed by atoms with Gasteiger partial charge >= 0.3 is 6.03 Å². The lowest BCUT2D eigenvalue weighted by molar-refractivity contribution is 0.186. The molecule has 80 valence electrons. The lowest BCUT2D eigenvalue weighted by atomic mass is 10.1. The summed E-state index contributed by atoms with van der Waals surface area (Å²) in [5, 5.41) is 3.37. The Morgan fingerprint density at radius 3 is 2.80 bits per heavy atom. The van der Waals surface area contributed by atoms with Gasteiger partial charge in [-0.2, -0.15) is 0 Å². The highest BCUT2D eigenvalue weighted by Crippen LogP contribution is 2.16. The molecular formula is C11H15N3O. The van der Waals surface area contributed by atoms with Gasteiger partial charge in [0.15, 0.2) is 0 Å². The molecule has 0 spiro atoms. The van der Waals surface area contributed by atoms with Gasteiger partial charge in [0.2, 0.25) is 0 Å². The maximum atomic E-state index is 11.1. The molecule has 15 heavy (non-hydrogen) atoms. The summed E-state index contributed by atoms with van der Waals surface area (Å²) in [4.78, 5) is 12.7. The van der Waals surface area contributed by atoms with Gasteiger partial charge in [0.25, 0.3) is 0 Å². The van der Waals surface area contributed by atoms with E-state index in [1.54, 1.807) is 4.90 Å². The van der Waals surface area contributed by atoms with Crippen molar-refractivity contribution in [2.24, 2.45) is 5.73 Å². The Bertz CT molecular complexity index is 339. The minimum Gasteiger partial charge on any atom is -0.351 e. The van der Waals surface area contributed by atoms with Crippen LogP contribution in [0.1, 0.15) is 11.6 Å². The Morgan fingerprint density at radius 1 is 1.40 bits per heavy atom. The third kappa shape index (κ3) is 2.27. The van der Waals surface area contributed by atoms with Crippen LogP contribution in [0.2, 0.25) is 0 Å². The van der Waals surface area contributed by atoms with E-state index in [2.05, 4.69) is 17.4 Å². The molecule has 0 radical (unpaired) electrons. The fourth-order valence-corrected chi connectivity index (χ4v) is 1.86. The fourth-order valence-electron chi connectivity index (χ4n) is 1.86. The fraction of sp³-hybridized carbons (Fsp3) is 0.364. The molecule has 1 aromatic rings. The zero-order chi connectivity index (χ0) is 10.7. The summed E-state index contributed by atoms with van der Waals surface area (Å²) < 4.78 is 0. The molecule has 0 aliphatic carbocycles. The molecule has 1 fully saturated rings. The van der Waals surface area contributed by atoms with Gasteiger partial charge < -0.3 is 16.0 Å². The Hall–Kier alpha value is -1.55. The molecule has 1 aliphatic rings. The molecule has 1 heterocycles. The molecule has 4 heteroatoms. The van der Waals surface area contributed by atoms with Crippen molar-refractivity contribution in [1.82, 2.24) is 10.2 Å². The van der Waals surface area contributed by atoms with Crippen LogP contribution < -0.4 is 11.1 Å².